The maximum atomic E-state index is 6.26. The van der Waals surface area contributed by atoms with Gasteiger partial charge >= 0.3 is 0 Å². The van der Waals surface area contributed by atoms with Crippen molar-refractivity contribution in [1.82, 2.24) is 24.6 Å². The van der Waals surface area contributed by atoms with E-state index in [-0.39, 0.29) is 24.8 Å². The lowest BCUT2D eigenvalue weighted by Crippen LogP contribution is -2.11. The van der Waals surface area contributed by atoms with Crippen molar-refractivity contribution in [3.8, 4) is 11.5 Å². The number of fused-ring (bicyclic) bond motifs is 1. The second-order valence-corrected chi connectivity index (χ2v) is 6.47. The zero-order chi connectivity index (χ0) is 16.4. The van der Waals surface area contributed by atoms with Crippen LogP contribution in [0.2, 0.25) is 5.02 Å². The Morgan fingerprint density at radius 1 is 1.19 bits per heavy atom. The van der Waals surface area contributed by atoms with Gasteiger partial charge in [-0.15, -0.1) is 24.8 Å². The Morgan fingerprint density at radius 3 is 2.88 bits per heavy atom. The van der Waals surface area contributed by atoms with Crippen LogP contribution in [0, 0.1) is 0 Å². The molecule has 1 aromatic carbocycles. The third-order valence-corrected chi connectivity index (χ3v) is 4.79. The molecule has 0 radical (unpaired) electrons. The smallest absolute Gasteiger partial charge is 0.160 e. The van der Waals surface area contributed by atoms with Crippen molar-refractivity contribution in [3.63, 3.8) is 0 Å². The molecule has 4 rings (SSSR count). The van der Waals surface area contributed by atoms with E-state index in [0.29, 0.717) is 0 Å². The fraction of sp³-hybridized carbons (Fsp3) is 0.333. The van der Waals surface area contributed by atoms with Crippen molar-refractivity contribution >= 4 is 36.4 Å². The van der Waals surface area contributed by atoms with Crippen molar-refractivity contribution in [3.05, 3.63) is 59.0 Å². The first-order valence-electron chi connectivity index (χ1n) is 8.33. The standard InChI is InChI=1S/C18H20ClN5.2ClH/c19-16-5-2-1-4-14(16)6-10-23-11-8-21-18(23)17-12-15-13-20-7-3-9-24(15)22-17;;/h1-2,4-5,8,11-12,20H,3,6-7,9-10,13H2;2*1H. The molecule has 0 aliphatic carbocycles. The lowest BCUT2D eigenvalue weighted by atomic mass is 10.1. The number of hydrogen-bond donors (Lipinski definition) is 1. The number of halogens is 3. The molecule has 0 amide bonds. The minimum Gasteiger partial charge on any atom is -0.329 e. The Kier molecular flexibility index (Phi) is 7.53. The molecule has 0 saturated carbocycles. The second kappa shape index (κ2) is 9.42. The molecule has 0 unspecified atom stereocenters. The number of aromatic nitrogens is 4. The molecule has 1 aliphatic rings. The minimum atomic E-state index is 0. The van der Waals surface area contributed by atoms with E-state index in [2.05, 4.69) is 31.7 Å². The van der Waals surface area contributed by atoms with Crippen LogP contribution in [-0.2, 0) is 26.1 Å². The van der Waals surface area contributed by atoms with Crippen LogP contribution in [0.5, 0.6) is 0 Å². The van der Waals surface area contributed by atoms with Crippen LogP contribution in [0.15, 0.2) is 42.7 Å². The topological polar surface area (TPSA) is 47.7 Å². The van der Waals surface area contributed by atoms with E-state index < -0.39 is 0 Å². The quantitative estimate of drug-likeness (QED) is 0.702. The van der Waals surface area contributed by atoms with E-state index in [1.54, 1.807) is 0 Å². The molecule has 0 atom stereocenters. The maximum Gasteiger partial charge on any atom is 0.160 e. The number of aryl methyl sites for hydroxylation is 3. The molecular weight excluding hydrogens is 393 g/mol. The van der Waals surface area contributed by atoms with E-state index in [9.17, 15) is 0 Å². The van der Waals surface area contributed by atoms with Gasteiger partial charge in [-0.3, -0.25) is 4.68 Å². The number of benzene rings is 1. The van der Waals surface area contributed by atoms with E-state index in [4.69, 9.17) is 16.7 Å². The summed E-state index contributed by atoms with van der Waals surface area (Å²) in [6.45, 7) is 3.71. The van der Waals surface area contributed by atoms with Crippen molar-refractivity contribution in [2.75, 3.05) is 6.54 Å². The maximum absolute atomic E-state index is 6.26. The summed E-state index contributed by atoms with van der Waals surface area (Å²) < 4.78 is 4.25. The Morgan fingerprint density at radius 2 is 2.04 bits per heavy atom. The summed E-state index contributed by atoms with van der Waals surface area (Å²) >= 11 is 6.26. The summed E-state index contributed by atoms with van der Waals surface area (Å²) in [6, 6.07) is 10.1. The molecule has 0 saturated heterocycles. The zero-order valence-corrected chi connectivity index (χ0v) is 16.7. The van der Waals surface area contributed by atoms with E-state index in [0.717, 1.165) is 61.1 Å². The summed E-state index contributed by atoms with van der Waals surface area (Å²) in [5, 5.41) is 9.00. The third kappa shape index (κ3) is 4.41. The average Bonchev–Trinajstić information content (AvgIpc) is 3.16. The largest absolute Gasteiger partial charge is 0.329 e. The molecule has 26 heavy (non-hydrogen) atoms. The van der Waals surface area contributed by atoms with Crippen molar-refractivity contribution in [2.24, 2.45) is 0 Å². The predicted octanol–water partition coefficient (Wildman–Crippen LogP) is 3.98. The van der Waals surface area contributed by atoms with Crippen LogP contribution in [0.25, 0.3) is 11.5 Å². The van der Waals surface area contributed by atoms with Crippen LogP contribution >= 0.6 is 36.4 Å². The molecule has 0 spiro atoms. The van der Waals surface area contributed by atoms with Gasteiger partial charge in [0.2, 0.25) is 0 Å². The lowest BCUT2D eigenvalue weighted by molar-refractivity contribution is 0.587. The van der Waals surface area contributed by atoms with Crippen LogP contribution in [0.3, 0.4) is 0 Å². The number of hydrogen-bond acceptors (Lipinski definition) is 3. The Hall–Kier alpha value is -1.53. The number of rotatable bonds is 4. The minimum absolute atomic E-state index is 0. The van der Waals surface area contributed by atoms with Crippen molar-refractivity contribution < 1.29 is 0 Å². The summed E-state index contributed by atoms with van der Waals surface area (Å²) in [4.78, 5) is 4.52. The summed E-state index contributed by atoms with van der Waals surface area (Å²) in [6.07, 6.45) is 5.83. The first-order valence-corrected chi connectivity index (χ1v) is 8.71. The molecule has 5 nitrogen and oxygen atoms in total. The van der Waals surface area contributed by atoms with Gasteiger partial charge in [0, 0.05) is 37.1 Å². The molecule has 0 bridgehead atoms. The molecule has 8 heteroatoms. The Bertz CT molecular complexity index is 819. The predicted molar refractivity (Wildman–Crippen MR) is 109 cm³/mol. The van der Waals surface area contributed by atoms with Gasteiger partial charge in [-0.1, -0.05) is 29.8 Å². The number of nitrogens with zero attached hydrogens (tertiary/aromatic N) is 4. The fourth-order valence-corrected chi connectivity index (χ4v) is 3.37. The zero-order valence-electron chi connectivity index (χ0n) is 14.3. The summed E-state index contributed by atoms with van der Waals surface area (Å²) in [5.74, 6) is 0.919. The van der Waals surface area contributed by atoms with Crippen LogP contribution in [0.4, 0.5) is 0 Å². The summed E-state index contributed by atoms with van der Waals surface area (Å²) in [5.41, 5.74) is 3.32. The first-order chi connectivity index (χ1) is 11.8. The fourth-order valence-electron chi connectivity index (χ4n) is 3.14. The third-order valence-electron chi connectivity index (χ3n) is 4.42. The van der Waals surface area contributed by atoms with Crippen molar-refractivity contribution in [2.45, 2.75) is 32.5 Å². The Balaban J connectivity index is 0.00000121. The van der Waals surface area contributed by atoms with Gasteiger partial charge in [0.1, 0.15) is 5.69 Å². The van der Waals surface area contributed by atoms with Gasteiger partial charge in [0.25, 0.3) is 0 Å². The van der Waals surface area contributed by atoms with Crippen LogP contribution < -0.4 is 5.32 Å². The van der Waals surface area contributed by atoms with E-state index >= 15 is 0 Å². The molecule has 1 aliphatic heterocycles. The summed E-state index contributed by atoms with van der Waals surface area (Å²) in [7, 11) is 0. The highest BCUT2D eigenvalue weighted by Crippen LogP contribution is 2.21. The highest BCUT2D eigenvalue weighted by atomic mass is 35.5. The lowest BCUT2D eigenvalue weighted by Gasteiger charge is -2.07. The normalized spacial score (nSPS) is 13.3. The van der Waals surface area contributed by atoms with Gasteiger partial charge in [0.15, 0.2) is 5.82 Å². The molecule has 3 heterocycles. The van der Waals surface area contributed by atoms with Crippen LogP contribution in [-0.4, -0.2) is 25.9 Å². The highest BCUT2D eigenvalue weighted by Gasteiger charge is 2.15. The second-order valence-electron chi connectivity index (χ2n) is 6.06. The number of imidazole rings is 1. The molecule has 140 valence electrons. The number of nitrogens with one attached hydrogen (secondary N) is 1. The Labute approximate surface area is 170 Å². The average molecular weight is 415 g/mol. The van der Waals surface area contributed by atoms with Gasteiger partial charge < -0.3 is 9.88 Å². The molecule has 2 aromatic heterocycles. The van der Waals surface area contributed by atoms with Gasteiger partial charge in [-0.25, -0.2) is 4.98 Å². The first kappa shape index (κ1) is 20.8. The SMILES string of the molecule is Cl.Cl.Clc1ccccc1CCn1ccnc1-c1cc2n(n1)CCCNC2. The monoisotopic (exact) mass is 413 g/mol. The molecule has 0 fully saturated rings. The van der Waals surface area contributed by atoms with Gasteiger partial charge in [-0.05, 0) is 37.1 Å². The molecular formula is C18H22Cl3N5. The van der Waals surface area contributed by atoms with Crippen molar-refractivity contribution in [1.29, 1.82) is 0 Å². The molecule has 1 N–H and O–H groups in total. The van der Waals surface area contributed by atoms with Gasteiger partial charge in [0.05, 0.1) is 5.69 Å². The molecule has 3 aromatic rings. The van der Waals surface area contributed by atoms with E-state index in [1.807, 2.05) is 30.6 Å². The van der Waals surface area contributed by atoms with Crippen LogP contribution in [0.1, 0.15) is 17.7 Å². The van der Waals surface area contributed by atoms with Gasteiger partial charge in [-0.2, -0.15) is 5.10 Å². The highest BCUT2D eigenvalue weighted by molar-refractivity contribution is 6.31. The van der Waals surface area contributed by atoms with E-state index in [1.165, 1.54) is 5.69 Å².